The molecule has 2 nitrogen and oxygen atoms in total. The molecule has 1 aliphatic rings. The normalized spacial score (nSPS) is 24.3. The minimum absolute atomic E-state index is 0.608. The number of benzene rings is 1. The highest BCUT2D eigenvalue weighted by Gasteiger charge is 2.25. The maximum Gasteiger partial charge on any atom is 0.0382 e. The number of nitrogens with one attached hydrogen (secondary N) is 1. The lowest BCUT2D eigenvalue weighted by Gasteiger charge is -2.39. The standard InChI is InChI=1S/C15H23BrN2/c1-4-17-14-5-6-18(12(3)9-14)15-8-11(2)7-13(16)10-15/h7-8,10,12,14,17H,4-6,9H2,1-3H3. The lowest BCUT2D eigenvalue weighted by atomic mass is 9.97. The zero-order valence-electron chi connectivity index (χ0n) is 11.5. The fourth-order valence-electron chi connectivity index (χ4n) is 2.91. The van der Waals surface area contributed by atoms with Crippen molar-refractivity contribution in [3.8, 4) is 0 Å². The molecule has 0 bridgehead atoms. The van der Waals surface area contributed by atoms with Crippen LogP contribution in [0.4, 0.5) is 5.69 Å². The Morgan fingerprint density at radius 1 is 1.39 bits per heavy atom. The van der Waals surface area contributed by atoms with Gasteiger partial charge in [0.05, 0.1) is 0 Å². The van der Waals surface area contributed by atoms with Gasteiger partial charge >= 0.3 is 0 Å². The maximum absolute atomic E-state index is 3.60. The summed E-state index contributed by atoms with van der Waals surface area (Å²) in [4.78, 5) is 2.53. The summed E-state index contributed by atoms with van der Waals surface area (Å²) in [6.07, 6.45) is 2.48. The molecule has 1 fully saturated rings. The number of rotatable bonds is 3. The maximum atomic E-state index is 3.60. The van der Waals surface area contributed by atoms with E-state index in [-0.39, 0.29) is 0 Å². The molecule has 0 aromatic heterocycles. The van der Waals surface area contributed by atoms with E-state index in [0.717, 1.165) is 13.1 Å². The third kappa shape index (κ3) is 3.27. The van der Waals surface area contributed by atoms with Gasteiger partial charge in [-0.3, -0.25) is 0 Å². The number of anilines is 1. The van der Waals surface area contributed by atoms with Gasteiger partial charge in [0, 0.05) is 28.8 Å². The largest absolute Gasteiger partial charge is 0.369 e. The second kappa shape index (κ2) is 6.07. The molecule has 1 saturated heterocycles. The first-order valence-electron chi connectivity index (χ1n) is 6.87. The average Bonchev–Trinajstić information content (AvgIpc) is 2.28. The Bertz CT molecular complexity index is 385. The van der Waals surface area contributed by atoms with Gasteiger partial charge in [0.2, 0.25) is 0 Å². The van der Waals surface area contributed by atoms with E-state index >= 15 is 0 Å². The Hall–Kier alpha value is -0.540. The molecule has 18 heavy (non-hydrogen) atoms. The van der Waals surface area contributed by atoms with Gasteiger partial charge in [0.1, 0.15) is 0 Å². The van der Waals surface area contributed by atoms with Crippen molar-refractivity contribution in [3.05, 3.63) is 28.2 Å². The predicted octanol–water partition coefficient (Wildman–Crippen LogP) is 3.72. The van der Waals surface area contributed by atoms with Crippen molar-refractivity contribution in [2.75, 3.05) is 18.0 Å². The van der Waals surface area contributed by atoms with E-state index in [4.69, 9.17) is 0 Å². The summed E-state index contributed by atoms with van der Waals surface area (Å²) in [6, 6.07) is 7.98. The minimum Gasteiger partial charge on any atom is -0.369 e. The summed E-state index contributed by atoms with van der Waals surface area (Å²) in [6.45, 7) is 8.90. The van der Waals surface area contributed by atoms with Crippen molar-refractivity contribution in [3.63, 3.8) is 0 Å². The summed E-state index contributed by atoms with van der Waals surface area (Å²) in [5.74, 6) is 0. The van der Waals surface area contributed by atoms with E-state index in [1.807, 2.05) is 0 Å². The fourth-order valence-corrected chi connectivity index (χ4v) is 3.51. The number of hydrogen-bond donors (Lipinski definition) is 1. The molecule has 1 aromatic rings. The Kier molecular flexibility index (Phi) is 4.68. The van der Waals surface area contributed by atoms with E-state index in [0.29, 0.717) is 12.1 Å². The van der Waals surface area contributed by atoms with Crippen LogP contribution in [0.25, 0.3) is 0 Å². The third-order valence-corrected chi connectivity index (χ3v) is 4.19. The Morgan fingerprint density at radius 2 is 2.17 bits per heavy atom. The highest BCUT2D eigenvalue weighted by molar-refractivity contribution is 9.10. The van der Waals surface area contributed by atoms with E-state index in [1.54, 1.807) is 0 Å². The van der Waals surface area contributed by atoms with Gasteiger partial charge in [-0.05, 0) is 57.0 Å². The number of halogens is 1. The SMILES string of the molecule is CCNC1CCN(c2cc(C)cc(Br)c2)C(C)C1. The van der Waals surface area contributed by atoms with Crippen molar-refractivity contribution < 1.29 is 0 Å². The second-order valence-corrected chi connectivity index (χ2v) is 6.22. The van der Waals surface area contributed by atoms with Crippen molar-refractivity contribution in [1.82, 2.24) is 5.32 Å². The van der Waals surface area contributed by atoms with Crippen LogP contribution in [0.1, 0.15) is 32.3 Å². The second-order valence-electron chi connectivity index (χ2n) is 5.31. The molecule has 1 N–H and O–H groups in total. The minimum atomic E-state index is 0.608. The van der Waals surface area contributed by atoms with Crippen LogP contribution in [0.5, 0.6) is 0 Å². The molecule has 0 radical (unpaired) electrons. The fraction of sp³-hybridized carbons (Fsp3) is 0.600. The highest BCUT2D eigenvalue weighted by Crippen LogP contribution is 2.28. The van der Waals surface area contributed by atoms with E-state index in [9.17, 15) is 0 Å². The molecule has 0 spiro atoms. The highest BCUT2D eigenvalue weighted by atomic mass is 79.9. The van der Waals surface area contributed by atoms with Crippen LogP contribution in [0, 0.1) is 6.92 Å². The van der Waals surface area contributed by atoms with Crippen LogP contribution in [0.15, 0.2) is 22.7 Å². The molecule has 2 atom stereocenters. The molecule has 3 heteroatoms. The Morgan fingerprint density at radius 3 is 2.78 bits per heavy atom. The Balaban J connectivity index is 2.10. The summed E-state index contributed by atoms with van der Waals surface area (Å²) in [5, 5.41) is 3.57. The lowest BCUT2D eigenvalue weighted by Crippen LogP contribution is -2.47. The average molecular weight is 311 g/mol. The molecule has 2 unspecified atom stereocenters. The summed E-state index contributed by atoms with van der Waals surface area (Å²) >= 11 is 3.60. The van der Waals surface area contributed by atoms with Crippen LogP contribution in [-0.2, 0) is 0 Å². The first kappa shape index (κ1) is 13.9. The zero-order chi connectivity index (χ0) is 13.1. The topological polar surface area (TPSA) is 15.3 Å². The van der Waals surface area contributed by atoms with Crippen molar-refractivity contribution >= 4 is 21.6 Å². The van der Waals surface area contributed by atoms with Gasteiger partial charge in [0.25, 0.3) is 0 Å². The Labute approximate surface area is 119 Å². The van der Waals surface area contributed by atoms with Gasteiger partial charge in [-0.2, -0.15) is 0 Å². The molecular weight excluding hydrogens is 288 g/mol. The van der Waals surface area contributed by atoms with Crippen LogP contribution in [0.2, 0.25) is 0 Å². The first-order valence-corrected chi connectivity index (χ1v) is 7.66. The summed E-state index contributed by atoms with van der Waals surface area (Å²) in [5.41, 5.74) is 2.67. The zero-order valence-corrected chi connectivity index (χ0v) is 13.1. The number of aryl methyl sites for hydroxylation is 1. The van der Waals surface area contributed by atoms with Gasteiger partial charge in [-0.1, -0.05) is 22.9 Å². The van der Waals surface area contributed by atoms with E-state index in [1.165, 1.54) is 28.6 Å². The number of nitrogens with zero attached hydrogens (tertiary/aromatic N) is 1. The van der Waals surface area contributed by atoms with E-state index < -0.39 is 0 Å². The quantitative estimate of drug-likeness (QED) is 0.915. The van der Waals surface area contributed by atoms with Gasteiger partial charge in [-0.15, -0.1) is 0 Å². The van der Waals surface area contributed by atoms with Crippen LogP contribution >= 0.6 is 15.9 Å². The van der Waals surface area contributed by atoms with Crippen molar-refractivity contribution in [1.29, 1.82) is 0 Å². The van der Waals surface area contributed by atoms with Gasteiger partial charge < -0.3 is 10.2 Å². The first-order chi connectivity index (χ1) is 8.60. The van der Waals surface area contributed by atoms with Gasteiger partial charge in [0.15, 0.2) is 0 Å². The smallest absolute Gasteiger partial charge is 0.0382 e. The number of piperidine rings is 1. The third-order valence-electron chi connectivity index (χ3n) is 3.73. The van der Waals surface area contributed by atoms with Gasteiger partial charge in [-0.25, -0.2) is 0 Å². The molecule has 1 heterocycles. The number of hydrogen-bond acceptors (Lipinski definition) is 2. The van der Waals surface area contributed by atoms with Crippen LogP contribution in [0.3, 0.4) is 0 Å². The molecule has 1 aromatic carbocycles. The van der Waals surface area contributed by atoms with Crippen molar-refractivity contribution in [2.45, 2.75) is 45.7 Å². The molecule has 0 saturated carbocycles. The molecular formula is C15H23BrN2. The molecule has 100 valence electrons. The molecule has 0 aliphatic carbocycles. The molecule has 2 rings (SSSR count). The van der Waals surface area contributed by atoms with Crippen LogP contribution in [-0.4, -0.2) is 25.2 Å². The summed E-state index contributed by atoms with van der Waals surface area (Å²) in [7, 11) is 0. The van der Waals surface area contributed by atoms with E-state index in [2.05, 4.69) is 65.1 Å². The van der Waals surface area contributed by atoms with Crippen LogP contribution < -0.4 is 10.2 Å². The predicted molar refractivity (Wildman–Crippen MR) is 82.4 cm³/mol. The lowest BCUT2D eigenvalue weighted by molar-refractivity contribution is 0.374. The molecule has 1 aliphatic heterocycles. The van der Waals surface area contributed by atoms with Crippen molar-refractivity contribution in [2.24, 2.45) is 0 Å². The summed E-state index contributed by atoms with van der Waals surface area (Å²) < 4.78 is 1.18. The monoisotopic (exact) mass is 310 g/mol. The molecule has 0 amide bonds.